The number of carbonyl (C=O) groups is 2. The monoisotopic (exact) mass is 385 g/mol. The van der Waals surface area contributed by atoms with Gasteiger partial charge in [-0.1, -0.05) is 13.3 Å². The number of rotatable bonds is 7. The number of benzene rings is 2. The first kappa shape index (κ1) is 20.4. The molecule has 2 aromatic carbocycles. The molecule has 142 valence electrons. The van der Waals surface area contributed by atoms with E-state index in [2.05, 4.69) is 22.9 Å². The van der Waals surface area contributed by atoms with Crippen molar-refractivity contribution in [2.75, 3.05) is 19.0 Å². The van der Waals surface area contributed by atoms with Crippen molar-refractivity contribution in [2.45, 2.75) is 19.8 Å². The molecule has 2 rings (SSSR count). The summed E-state index contributed by atoms with van der Waals surface area (Å²) in [7, 11) is 1.57. The summed E-state index contributed by atoms with van der Waals surface area (Å²) >= 11 is 5.17. The van der Waals surface area contributed by atoms with Gasteiger partial charge in [-0.05, 0) is 67.2 Å². The molecule has 0 aliphatic carbocycles. The lowest BCUT2D eigenvalue weighted by molar-refractivity contribution is 0.0959. The van der Waals surface area contributed by atoms with E-state index in [1.54, 1.807) is 55.6 Å². The third-order valence-electron chi connectivity index (χ3n) is 3.74. The number of nitrogens with one attached hydrogen (secondary N) is 3. The van der Waals surface area contributed by atoms with E-state index in [4.69, 9.17) is 17.0 Å². The van der Waals surface area contributed by atoms with Crippen molar-refractivity contribution in [2.24, 2.45) is 0 Å². The van der Waals surface area contributed by atoms with Crippen LogP contribution >= 0.6 is 12.2 Å². The lowest BCUT2D eigenvalue weighted by atomic mass is 10.2. The SMILES string of the molecule is CCCCOc1ccc(C(=O)NC(=S)Nc2ccc(C(=O)NC)cc2)cc1. The summed E-state index contributed by atoms with van der Waals surface area (Å²) in [5.74, 6) is 0.256. The van der Waals surface area contributed by atoms with Crippen molar-refractivity contribution in [3.63, 3.8) is 0 Å². The summed E-state index contributed by atoms with van der Waals surface area (Å²) < 4.78 is 5.58. The molecule has 0 aromatic heterocycles. The lowest BCUT2D eigenvalue weighted by Crippen LogP contribution is -2.34. The van der Waals surface area contributed by atoms with E-state index in [1.165, 1.54) is 0 Å². The number of hydrogen-bond acceptors (Lipinski definition) is 4. The first-order valence-corrected chi connectivity index (χ1v) is 9.11. The van der Waals surface area contributed by atoms with Crippen LogP contribution in [0.1, 0.15) is 40.5 Å². The molecule has 2 aromatic rings. The molecule has 0 aliphatic heterocycles. The van der Waals surface area contributed by atoms with Crippen LogP contribution in [0.4, 0.5) is 5.69 Å². The molecule has 0 unspecified atom stereocenters. The Kier molecular flexibility index (Phi) is 7.76. The second-order valence-corrected chi connectivity index (χ2v) is 6.20. The number of anilines is 1. The van der Waals surface area contributed by atoms with E-state index in [0.29, 0.717) is 23.4 Å². The van der Waals surface area contributed by atoms with Crippen molar-refractivity contribution in [3.05, 3.63) is 59.7 Å². The maximum atomic E-state index is 12.3. The average molecular weight is 385 g/mol. The zero-order valence-electron chi connectivity index (χ0n) is 15.4. The number of hydrogen-bond donors (Lipinski definition) is 3. The van der Waals surface area contributed by atoms with Crippen LogP contribution in [0.25, 0.3) is 0 Å². The van der Waals surface area contributed by atoms with E-state index >= 15 is 0 Å². The number of amides is 2. The van der Waals surface area contributed by atoms with E-state index < -0.39 is 0 Å². The summed E-state index contributed by atoms with van der Waals surface area (Å²) in [4.78, 5) is 23.8. The highest BCUT2D eigenvalue weighted by Gasteiger charge is 2.09. The molecule has 0 fully saturated rings. The number of carbonyl (C=O) groups excluding carboxylic acids is 2. The van der Waals surface area contributed by atoms with Gasteiger partial charge in [-0.3, -0.25) is 14.9 Å². The third kappa shape index (κ3) is 6.38. The molecule has 0 atom stereocenters. The van der Waals surface area contributed by atoms with Crippen molar-refractivity contribution >= 4 is 34.8 Å². The molecule has 0 radical (unpaired) electrons. The number of unbranched alkanes of at least 4 members (excludes halogenated alkanes) is 1. The molecule has 6 nitrogen and oxygen atoms in total. The summed E-state index contributed by atoms with van der Waals surface area (Å²) in [5.41, 5.74) is 1.70. The molecule has 0 heterocycles. The van der Waals surface area contributed by atoms with Crippen LogP contribution in [-0.2, 0) is 0 Å². The maximum Gasteiger partial charge on any atom is 0.257 e. The van der Waals surface area contributed by atoms with Crippen LogP contribution in [0, 0.1) is 0 Å². The molecule has 3 N–H and O–H groups in total. The quantitative estimate of drug-likeness (QED) is 0.503. The van der Waals surface area contributed by atoms with Crippen molar-refractivity contribution < 1.29 is 14.3 Å². The average Bonchev–Trinajstić information content (AvgIpc) is 2.68. The van der Waals surface area contributed by atoms with Gasteiger partial charge in [0, 0.05) is 23.9 Å². The van der Waals surface area contributed by atoms with Crippen LogP contribution in [0.5, 0.6) is 5.75 Å². The minimum Gasteiger partial charge on any atom is -0.494 e. The van der Waals surface area contributed by atoms with Gasteiger partial charge in [-0.25, -0.2) is 0 Å². The van der Waals surface area contributed by atoms with Crippen LogP contribution < -0.4 is 20.7 Å². The second-order valence-electron chi connectivity index (χ2n) is 5.79. The Morgan fingerprint density at radius 3 is 2.15 bits per heavy atom. The highest BCUT2D eigenvalue weighted by atomic mass is 32.1. The third-order valence-corrected chi connectivity index (χ3v) is 3.95. The van der Waals surface area contributed by atoms with Gasteiger partial charge in [0.2, 0.25) is 0 Å². The summed E-state index contributed by atoms with van der Waals surface area (Å²) in [5, 5.41) is 8.27. The highest BCUT2D eigenvalue weighted by molar-refractivity contribution is 7.80. The zero-order chi connectivity index (χ0) is 19.6. The lowest BCUT2D eigenvalue weighted by Gasteiger charge is -2.11. The Hall–Kier alpha value is -2.93. The van der Waals surface area contributed by atoms with E-state index in [1.807, 2.05) is 0 Å². The Labute approximate surface area is 164 Å². The minimum atomic E-state index is -0.311. The van der Waals surface area contributed by atoms with Crippen LogP contribution in [0.15, 0.2) is 48.5 Å². The maximum absolute atomic E-state index is 12.3. The predicted octanol–water partition coefficient (Wildman–Crippen LogP) is 3.35. The van der Waals surface area contributed by atoms with Gasteiger partial charge < -0.3 is 15.4 Å². The molecule has 0 aliphatic rings. The fraction of sp³-hybridized carbons (Fsp3) is 0.250. The van der Waals surface area contributed by atoms with Gasteiger partial charge in [-0.2, -0.15) is 0 Å². The Morgan fingerprint density at radius 2 is 1.56 bits per heavy atom. The van der Waals surface area contributed by atoms with Gasteiger partial charge in [0.1, 0.15) is 5.75 Å². The van der Waals surface area contributed by atoms with Gasteiger partial charge in [0.25, 0.3) is 11.8 Å². The van der Waals surface area contributed by atoms with Gasteiger partial charge >= 0.3 is 0 Å². The van der Waals surface area contributed by atoms with E-state index in [0.717, 1.165) is 18.6 Å². The zero-order valence-corrected chi connectivity index (χ0v) is 16.2. The number of thiocarbonyl (C=S) groups is 1. The molecule has 0 saturated carbocycles. The first-order chi connectivity index (χ1) is 13.0. The topological polar surface area (TPSA) is 79.5 Å². The smallest absolute Gasteiger partial charge is 0.257 e. The molecule has 0 saturated heterocycles. The summed E-state index contributed by atoms with van der Waals surface area (Å²) in [6, 6.07) is 13.7. The Bertz CT molecular complexity index is 789. The van der Waals surface area contributed by atoms with Gasteiger partial charge in [0.05, 0.1) is 6.61 Å². The molecule has 2 amide bonds. The predicted molar refractivity (Wildman–Crippen MR) is 110 cm³/mol. The van der Waals surface area contributed by atoms with Crippen molar-refractivity contribution in [3.8, 4) is 5.75 Å². The Balaban J connectivity index is 1.87. The first-order valence-electron chi connectivity index (χ1n) is 8.71. The second kappa shape index (κ2) is 10.3. The Morgan fingerprint density at radius 1 is 0.963 bits per heavy atom. The minimum absolute atomic E-state index is 0.167. The molecule has 7 heteroatoms. The van der Waals surface area contributed by atoms with Crippen molar-refractivity contribution in [1.29, 1.82) is 0 Å². The molecular formula is C20H23N3O3S. The molecule has 27 heavy (non-hydrogen) atoms. The van der Waals surface area contributed by atoms with Crippen LogP contribution in [0.3, 0.4) is 0 Å². The standard InChI is InChI=1S/C20H23N3O3S/c1-3-4-13-26-17-11-7-15(8-12-17)19(25)23-20(27)22-16-9-5-14(6-10-16)18(24)21-2/h5-12H,3-4,13H2,1-2H3,(H,21,24)(H2,22,23,25,27). The van der Waals surface area contributed by atoms with Gasteiger partial charge in [0.15, 0.2) is 5.11 Å². The fourth-order valence-corrected chi connectivity index (χ4v) is 2.43. The number of ether oxygens (including phenoxy) is 1. The highest BCUT2D eigenvalue weighted by Crippen LogP contribution is 2.13. The van der Waals surface area contributed by atoms with Crippen LogP contribution in [0.2, 0.25) is 0 Å². The largest absolute Gasteiger partial charge is 0.494 e. The summed E-state index contributed by atoms with van der Waals surface area (Å²) in [6.45, 7) is 2.76. The van der Waals surface area contributed by atoms with E-state index in [9.17, 15) is 9.59 Å². The normalized spacial score (nSPS) is 10.0. The van der Waals surface area contributed by atoms with Crippen molar-refractivity contribution in [1.82, 2.24) is 10.6 Å². The molecule has 0 bridgehead atoms. The van der Waals surface area contributed by atoms with Gasteiger partial charge in [-0.15, -0.1) is 0 Å². The fourth-order valence-electron chi connectivity index (χ4n) is 2.22. The molecule has 0 spiro atoms. The van der Waals surface area contributed by atoms with Crippen LogP contribution in [-0.4, -0.2) is 30.6 Å². The summed E-state index contributed by atoms with van der Waals surface area (Å²) in [6.07, 6.45) is 2.06. The van der Waals surface area contributed by atoms with E-state index in [-0.39, 0.29) is 16.9 Å². The molecular weight excluding hydrogens is 362 g/mol.